The lowest BCUT2D eigenvalue weighted by Gasteiger charge is -2.11. The van der Waals surface area contributed by atoms with E-state index in [1.165, 1.54) is 0 Å². The summed E-state index contributed by atoms with van der Waals surface area (Å²) in [6.45, 7) is 0. The average molecular weight is 400 g/mol. The second-order valence-electron chi connectivity index (χ2n) is 4.73. The molecule has 3 rings (SSSR count). The second-order valence-corrected chi connectivity index (χ2v) is 5.89. The first-order valence-electron chi connectivity index (χ1n) is 6.87. The maximum Gasteiger partial charge on any atom is 0.344 e. The quantitative estimate of drug-likeness (QED) is 0.344. The summed E-state index contributed by atoms with van der Waals surface area (Å²) < 4.78 is 6.50. The Morgan fingerprint density at radius 2 is 1.41 bits per heavy atom. The molecule has 0 aliphatic carbocycles. The van der Waals surface area contributed by atoms with Crippen LogP contribution in [0.5, 0.6) is 5.75 Å². The summed E-state index contributed by atoms with van der Waals surface area (Å²) in [5.74, 6) is 0.228. The van der Waals surface area contributed by atoms with Crippen LogP contribution in [0.25, 0.3) is 11.1 Å². The van der Waals surface area contributed by atoms with Gasteiger partial charge in [0.1, 0.15) is 5.75 Å². The number of carbonyl (C=O) groups is 1. The Morgan fingerprint density at radius 3 is 2.18 bits per heavy atom. The van der Waals surface area contributed by atoms with Gasteiger partial charge < -0.3 is 4.74 Å². The zero-order valence-electron chi connectivity index (χ0n) is 11.7. The Kier molecular flexibility index (Phi) is 4.53. The fourth-order valence-electron chi connectivity index (χ4n) is 2.19. The summed E-state index contributed by atoms with van der Waals surface area (Å²) in [5, 5.41) is 0. The molecule has 0 bridgehead atoms. The predicted molar refractivity (Wildman–Crippen MR) is 96.0 cm³/mol. The van der Waals surface area contributed by atoms with Gasteiger partial charge in [0.25, 0.3) is 0 Å². The number of halogens is 1. The average Bonchev–Trinajstić information content (AvgIpc) is 2.56. The number of rotatable bonds is 3. The molecule has 0 amide bonds. The molecular formula is C19H13IO2. The lowest BCUT2D eigenvalue weighted by atomic mass is 10.0. The van der Waals surface area contributed by atoms with Crippen LogP contribution in [-0.2, 0) is 0 Å². The Morgan fingerprint density at radius 1 is 0.773 bits per heavy atom. The van der Waals surface area contributed by atoms with Crippen LogP contribution in [0.2, 0.25) is 0 Å². The monoisotopic (exact) mass is 400 g/mol. The summed E-state index contributed by atoms with van der Waals surface area (Å²) >= 11 is 2.14. The maximum absolute atomic E-state index is 12.4. The molecule has 0 saturated carbocycles. The molecule has 108 valence electrons. The standard InChI is InChI=1S/C19H13IO2/c20-17-12-6-4-11-16(17)19(21)22-18-13-7-5-10-15(18)14-8-2-1-3-9-14/h1-13H. The summed E-state index contributed by atoms with van der Waals surface area (Å²) in [6.07, 6.45) is 0. The number of hydrogen-bond donors (Lipinski definition) is 0. The van der Waals surface area contributed by atoms with E-state index >= 15 is 0 Å². The minimum absolute atomic E-state index is 0.339. The number of esters is 1. The van der Waals surface area contributed by atoms with E-state index in [2.05, 4.69) is 22.6 Å². The highest BCUT2D eigenvalue weighted by molar-refractivity contribution is 14.1. The van der Waals surface area contributed by atoms with Crippen molar-refractivity contribution in [3.8, 4) is 16.9 Å². The van der Waals surface area contributed by atoms with Crippen molar-refractivity contribution >= 4 is 28.6 Å². The van der Waals surface area contributed by atoms with Gasteiger partial charge in [0.05, 0.1) is 5.56 Å². The van der Waals surface area contributed by atoms with Gasteiger partial charge in [-0.2, -0.15) is 0 Å². The molecular weight excluding hydrogens is 387 g/mol. The normalized spacial score (nSPS) is 10.2. The third kappa shape index (κ3) is 3.20. The van der Waals surface area contributed by atoms with Crippen LogP contribution < -0.4 is 4.74 Å². The van der Waals surface area contributed by atoms with Crippen molar-refractivity contribution in [3.05, 3.63) is 88.0 Å². The van der Waals surface area contributed by atoms with E-state index in [4.69, 9.17) is 4.74 Å². The van der Waals surface area contributed by atoms with Crippen LogP contribution in [0.4, 0.5) is 0 Å². The SMILES string of the molecule is O=C(Oc1ccccc1-c1ccccc1)c1ccccc1I. The molecule has 0 fully saturated rings. The molecule has 0 aliphatic rings. The van der Waals surface area contributed by atoms with Crippen LogP contribution in [0.15, 0.2) is 78.9 Å². The number of hydrogen-bond acceptors (Lipinski definition) is 2. The van der Waals surface area contributed by atoms with Crippen LogP contribution in [-0.4, -0.2) is 5.97 Å². The Hall–Kier alpha value is -2.14. The first kappa shape index (κ1) is 14.8. The van der Waals surface area contributed by atoms with E-state index in [0.29, 0.717) is 11.3 Å². The Balaban J connectivity index is 1.94. The lowest BCUT2D eigenvalue weighted by molar-refractivity contribution is 0.0734. The van der Waals surface area contributed by atoms with E-state index in [1.54, 1.807) is 6.07 Å². The number of benzene rings is 3. The molecule has 0 aliphatic heterocycles. The molecule has 0 heterocycles. The van der Waals surface area contributed by atoms with Gasteiger partial charge in [-0.05, 0) is 46.4 Å². The minimum atomic E-state index is -0.339. The van der Waals surface area contributed by atoms with E-state index in [-0.39, 0.29) is 5.97 Å². The van der Waals surface area contributed by atoms with Crippen molar-refractivity contribution in [2.45, 2.75) is 0 Å². The van der Waals surface area contributed by atoms with Gasteiger partial charge in [-0.15, -0.1) is 0 Å². The Bertz CT molecular complexity index is 797. The van der Waals surface area contributed by atoms with Crippen LogP contribution in [0, 0.1) is 3.57 Å². The highest BCUT2D eigenvalue weighted by atomic mass is 127. The zero-order chi connectivity index (χ0) is 15.4. The van der Waals surface area contributed by atoms with Crippen molar-refractivity contribution in [1.29, 1.82) is 0 Å². The summed E-state index contributed by atoms with van der Waals surface area (Å²) in [6, 6.07) is 24.9. The zero-order valence-corrected chi connectivity index (χ0v) is 13.9. The predicted octanol–water partition coefficient (Wildman–Crippen LogP) is 5.18. The minimum Gasteiger partial charge on any atom is -0.422 e. The molecule has 0 atom stereocenters. The highest BCUT2D eigenvalue weighted by Gasteiger charge is 2.14. The molecule has 3 aromatic rings. The third-order valence-electron chi connectivity index (χ3n) is 3.27. The van der Waals surface area contributed by atoms with Crippen molar-refractivity contribution in [2.24, 2.45) is 0 Å². The summed E-state index contributed by atoms with van der Waals surface area (Å²) in [5.41, 5.74) is 2.50. The van der Waals surface area contributed by atoms with E-state index in [9.17, 15) is 4.79 Å². The topological polar surface area (TPSA) is 26.3 Å². The fraction of sp³-hybridized carbons (Fsp3) is 0. The van der Waals surface area contributed by atoms with Crippen molar-refractivity contribution in [2.75, 3.05) is 0 Å². The first-order valence-corrected chi connectivity index (χ1v) is 7.95. The molecule has 0 spiro atoms. The van der Waals surface area contributed by atoms with Crippen molar-refractivity contribution in [1.82, 2.24) is 0 Å². The van der Waals surface area contributed by atoms with Gasteiger partial charge in [0.2, 0.25) is 0 Å². The number of ether oxygens (including phenoxy) is 1. The van der Waals surface area contributed by atoms with Gasteiger partial charge in [0.15, 0.2) is 0 Å². The van der Waals surface area contributed by atoms with Gasteiger partial charge in [-0.3, -0.25) is 0 Å². The largest absolute Gasteiger partial charge is 0.422 e. The molecule has 0 N–H and O–H groups in total. The molecule has 0 aromatic heterocycles. The van der Waals surface area contributed by atoms with Crippen molar-refractivity contribution < 1.29 is 9.53 Å². The summed E-state index contributed by atoms with van der Waals surface area (Å²) in [7, 11) is 0. The lowest BCUT2D eigenvalue weighted by Crippen LogP contribution is -2.10. The van der Waals surface area contributed by atoms with E-state index in [1.807, 2.05) is 72.8 Å². The van der Waals surface area contributed by atoms with Gasteiger partial charge in [0, 0.05) is 9.13 Å². The third-order valence-corrected chi connectivity index (χ3v) is 4.21. The Labute approximate surface area is 142 Å². The summed E-state index contributed by atoms with van der Waals surface area (Å²) in [4.78, 5) is 12.4. The van der Waals surface area contributed by atoms with E-state index in [0.717, 1.165) is 14.7 Å². The first-order chi connectivity index (χ1) is 10.8. The molecule has 0 saturated heterocycles. The van der Waals surface area contributed by atoms with Gasteiger partial charge >= 0.3 is 5.97 Å². The maximum atomic E-state index is 12.4. The molecule has 0 radical (unpaired) electrons. The molecule has 3 heteroatoms. The molecule has 22 heavy (non-hydrogen) atoms. The van der Waals surface area contributed by atoms with E-state index < -0.39 is 0 Å². The second kappa shape index (κ2) is 6.75. The number of carbonyl (C=O) groups excluding carboxylic acids is 1. The molecule has 2 nitrogen and oxygen atoms in total. The highest BCUT2D eigenvalue weighted by Crippen LogP contribution is 2.30. The smallest absolute Gasteiger partial charge is 0.344 e. The van der Waals surface area contributed by atoms with Gasteiger partial charge in [-0.25, -0.2) is 4.79 Å². The molecule has 3 aromatic carbocycles. The van der Waals surface area contributed by atoms with Crippen molar-refractivity contribution in [3.63, 3.8) is 0 Å². The van der Waals surface area contributed by atoms with Crippen LogP contribution in [0.3, 0.4) is 0 Å². The van der Waals surface area contributed by atoms with Gasteiger partial charge in [-0.1, -0.05) is 60.7 Å². The van der Waals surface area contributed by atoms with Crippen LogP contribution >= 0.6 is 22.6 Å². The fourth-order valence-corrected chi connectivity index (χ4v) is 2.80. The van der Waals surface area contributed by atoms with Crippen LogP contribution in [0.1, 0.15) is 10.4 Å². The molecule has 0 unspecified atom stereocenters. The number of para-hydroxylation sites is 1.